The van der Waals surface area contributed by atoms with Crippen LogP contribution in [0.4, 0.5) is 0 Å². The molecule has 0 spiro atoms. The molecule has 2 atom stereocenters. The molecule has 0 saturated heterocycles. The highest BCUT2D eigenvalue weighted by Gasteiger charge is 2.19. The fourth-order valence-electron chi connectivity index (χ4n) is 2.39. The van der Waals surface area contributed by atoms with Gasteiger partial charge in [0.1, 0.15) is 5.75 Å². The van der Waals surface area contributed by atoms with Crippen LogP contribution in [0.15, 0.2) is 24.3 Å². The van der Waals surface area contributed by atoms with Gasteiger partial charge in [0.25, 0.3) is 0 Å². The van der Waals surface area contributed by atoms with E-state index in [2.05, 4.69) is 57.2 Å². The van der Waals surface area contributed by atoms with Crippen molar-refractivity contribution < 1.29 is 4.74 Å². The third-order valence-corrected chi connectivity index (χ3v) is 3.52. The molecule has 0 radical (unpaired) electrons. The number of para-hydroxylation sites is 1. The van der Waals surface area contributed by atoms with E-state index in [0.29, 0.717) is 18.6 Å². The van der Waals surface area contributed by atoms with Gasteiger partial charge in [0, 0.05) is 24.2 Å². The smallest absolute Gasteiger partial charge is 0.124 e. The van der Waals surface area contributed by atoms with Gasteiger partial charge >= 0.3 is 0 Å². The molecule has 1 rings (SSSR count). The number of rotatable bonds is 8. The Balaban J connectivity index is 2.80. The molecule has 20 heavy (non-hydrogen) atoms. The molecule has 0 aliphatic heterocycles. The Morgan fingerprint density at radius 3 is 2.35 bits per heavy atom. The molecule has 0 aliphatic rings. The Hall–Kier alpha value is -1.06. The quantitative estimate of drug-likeness (QED) is 0.789. The maximum atomic E-state index is 5.73. The van der Waals surface area contributed by atoms with Crippen LogP contribution in [0.1, 0.15) is 39.3 Å². The summed E-state index contributed by atoms with van der Waals surface area (Å²) in [6.07, 6.45) is 0. The van der Waals surface area contributed by atoms with Gasteiger partial charge < -0.3 is 15.0 Å². The normalized spacial score (nSPS) is 14.6. The number of likely N-dealkylation sites (N-methyl/N-ethyl adjacent to an activating group) is 1. The van der Waals surface area contributed by atoms with Crippen LogP contribution in [0.2, 0.25) is 0 Å². The first-order valence-electron chi connectivity index (χ1n) is 7.58. The highest BCUT2D eigenvalue weighted by Crippen LogP contribution is 2.25. The van der Waals surface area contributed by atoms with Crippen LogP contribution in [0.25, 0.3) is 0 Å². The van der Waals surface area contributed by atoms with Crippen molar-refractivity contribution in [2.24, 2.45) is 5.92 Å². The lowest BCUT2D eigenvalue weighted by Gasteiger charge is -2.29. The van der Waals surface area contributed by atoms with Crippen molar-refractivity contribution >= 4 is 0 Å². The van der Waals surface area contributed by atoms with E-state index in [1.807, 2.05) is 19.1 Å². The van der Waals surface area contributed by atoms with E-state index in [4.69, 9.17) is 4.74 Å². The zero-order chi connectivity index (χ0) is 15.1. The largest absolute Gasteiger partial charge is 0.494 e. The molecule has 1 N–H and O–H groups in total. The Kier molecular flexibility index (Phi) is 7.03. The van der Waals surface area contributed by atoms with E-state index in [-0.39, 0.29) is 6.04 Å². The minimum atomic E-state index is 0.282. The summed E-state index contributed by atoms with van der Waals surface area (Å²) in [4.78, 5) is 2.23. The molecule has 114 valence electrons. The van der Waals surface area contributed by atoms with Gasteiger partial charge in [-0.3, -0.25) is 0 Å². The third kappa shape index (κ3) is 5.14. The van der Waals surface area contributed by atoms with Crippen molar-refractivity contribution in [1.29, 1.82) is 0 Å². The van der Waals surface area contributed by atoms with Gasteiger partial charge in [-0.05, 0) is 39.9 Å². The van der Waals surface area contributed by atoms with Gasteiger partial charge in [-0.1, -0.05) is 32.0 Å². The van der Waals surface area contributed by atoms with E-state index in [9.17, 15) is 0 Å². The fraction of sp³-hybridized carbons (Fsp3) is 0.647. The zero-order valence-electron chi connectivity index (χ0n) is 13.8. The highest BCUT2D eigenvalue weighted by atomic mass is 16.5. The summed E-state index contributed by atoms with van der Waals surface area (Å²) in [5, 5.41) is 3.74. The Morgan fingerprint density at radius 1 is 1.15 bits per heavy atom. The minimum absolute atomic E-state index is 0.282. The van der Waals surface area contributed by atoms with Gasteiger partial charge in [-0.25, -0.2) is 0 Å². The number of hydrogen-bond acceptors (Lipinski definition) is 3. The molecule has 0 heterocycles. The van der Waals surface area contributed by atoms with Crippen LogP contribution in [0, 0.1) is 5.92 Å². The van der Waals surface area contributed by atoms with Crippen molar-refractivity contribution in [3.63, 3.8) is 0 Å². The Morgan fingerprint density at radius 2 is 1.80 bits per heavy atom. The third-order valence-electron chi connectivity index (χ3n) is 3.52. The molecule has 3 heteroatoms. The Labute approximate surface area is 124 Å². The summed E-state index contributed by atoms with van der Waals surface area (Å²) in [6, 6.07) is 9.05. The molecule has 0 saturated carbocycles. The number of nitrogens with one attached hydrogen (secondary N) is 1. The number of ether oxygens (including phenoxy) is 1. The van der Waals surface area contributed by atoms with Gasteiger partial charge in [0.05, 0.1) is 6.61 Å². The first-order chi connectivity index (χ1) is 9.45. The molecular weight excluding hydrogens is 248 g/mol. The predicted molar refractivity (Wildman–Crippen MR) is 86.3 cm³/mol. The molecular formula is C17H30N2O. The van der Waals surface area contributed by atoms with Crippen molar-refractivity contribution in [1.82, 2.24) is 10.2 Å². The summed E-state index contributed by atoms with van der Waals surface area (Å²) < 4.78 is 5.73. The van der Waals surface area contributed by atoms with Crippen LogP contribution in [0.5, 0.6) is 5.75 Å². The van der Waals surface area contributed by atoms with Crippen LogP contribution in [-0.2, 0) is 0 Å². The summed E-state index contributed by atoms with van der Waals surface area (Å²) in [7, 11) is 4.24. The Bertz CT molecular complexity index is 390. The lowest BCUT2D eigenvalue weighted by molar-refractivity contribution is 0.269. The first kappa shape index (κ1) is 17.0. The summed E-state index contributed by atoms with van der Waals surface area (Å²) in [5.74, 6) is 1.58. The minimum Gasteiger partial charge on any atom is -0.494 e. The maximum absolute atomic E-state index is 5.73. The van der Waals surface area contributed by atoms with Crippen LogP contribution < -0.4 is 10.1 Å². The first-order valence-corrected chi connectivity index (χ1v) is 7.58. The van der Waals surface area contributed by atoms with Gasteiger partial charge in [-0.2, -0.15) is 0 Å². The number of hydrogen-bond donors (Lipinski definition) is 1. The molecule has 0 bridgehead atoms. The molecule has 0 amide bonds. The van der Waals surface area contributed by atoms with Gasteiger partial charge in [0.15, 0.2) is 0 Å². The SMILES string of the molecule is CCOc1ccccc1C(C)NC(CN(C)C)C(C)C. The monoisotopic (exact) mass is 278 g/mol. The number of benzene rings is 1. The average molecular weight is 278 g/mol. The summed E-state index contributed by atoms with van der Waals surface area (Å²) >= 11 is 0. The lowest BCUT2D eigenvalue weighted by atomic mass is 10.00. The van der Waals surface area contributed by atoms with Crippen LogP contribution >= 0.6 is 0 Å². The molecule has 0 fully saturated rings. The van der Waals surface area contributed by atoms with E-state index < -0.39 is 0 Å². The van der Waals surface area contributed by atoms with E-state index in [0.717, 1.165) is 12.3 Å². The van der Waals surface area contributed by atoms with Crippen molar-refractivity contribution in [3.05, 3.63) is 29.8 Å². The lowest BCUT2D eigenvalue weighted by Crippen LogP contribution is -2.43. The maximum Gasteiger partial charge on any atom is 0.124 e. The molecule has 0 aliphatic carbocycles. The standard InChI is InChI=1S/C17H30N2O/c1-7-20-17-11-9-8-10-15(17)14(4)18-16(13(2)3)12-19(5)6/h8-11,13-14,16,18H,7,12H2,1-6H3. The fourth-order valence-corrected chi connectivity index (χ4v) is 2.39. The highest BCUT2D eigenvalue weighted by molar-refractivity contribution is 5.35. The van der Waals surface area contributed by atoms with Crippen molar-refractivity contribution in [2.75, 3.05) is 27.2 Å². The van der Waals surface area contributed by atoms with Crippen molar-refractivity contribution in [3.8, 4) is 5.75 Å². The summed E-state index contributed by atoms with van der Waals surface area (Å²) in [5.41, 5.74) is 1.23. The van der Waals surface area contributed by atoms with Crippen LogP contribution in [0.3, 0.4) is 0 Å². The molecule has 0 aromatic heterocycles. The van der Waals surface area contributed by atoms with E-state index >= 15 is 0 Å². The molecule has 1 aromatic carbocycles. The number of nitrogens with zero attached hydrogens (tertiary/aromatic N) is 1. The second-order valence-electron chi connectivity index (χ2n) is 5.97. The van der Waals surface area contributed by atoms with E-state index in [1.165, 1.54) is 5.56 Å². The molecule has 2 unspecified atom stereocenters. The summed E-state index contributed by atoms with van der Waals surface area (Å²) in [6.45, 7) is 10.5. The molecule has 3 nitrogen and oxygen atoms in total. The van der Waals surface area contributed by atoms with Crippen LogP contribution in [-0.4, -0.2) is 38.2 Å². The predicted octanol–water partition coefficient (Wildman–Crippen LogP) is 3.32. The second-order valence-corrected chi connectivity index (χ2v) is 5.97. The second kappa shape index (κ2) is 8.28. The zero-order valence-corrected chi connectivity index (χ0v) is 13.8. The molecule has 1 aromatic rings. The van der Waals surface area contributed by atoms with E-state index in [1.54, 1.807) is 0 Å². The van der Waals surface area contributed by atoms with Gasteiger partial charge in [-0.15, -0.1) is 0 Å². The van der Waals surface area contributed by atoms with Crippen molar-refractivity contribution in [2.45, 2.75) is 39.8 Å². The van der Waals surface area contributed by atoms with Gasteiger partial charge in [0.2, 0.25) is 0 Å². The topological polar surface area (TPSA) is 24.5 Å². The average Bonchev–Trinajstić information content (AvgIpc) is 2.38.